The molecule has 27 heavy (non-hydrogen) atoms. The minimum Gasteiger partial charge on any atom is -0.453 e. The van der Waals surface area contributed by atoms with Crippen molar-refractivity contribution in [3.05, 3.63) is 60.4 Å². The SMILES string of the molecule is CN(Cc1cc(-c2ccccn2)no1)Cc1ccc(Sc2nncn2C)o1. The van der Waals surface area contributed by atoms with Crippen LogP contribution in [-0.4, -0.2) is 36.9 Å². The molecule has 0 fully saturated rings. The lowest BCUT2D eigenvalue weighted by Gasteiger charge is -2.12. The summed E-state index contributed by atoms with van der Waals surface area (Å²) in [6.07, 6.45) is 3.40. The number of furan rings is 1. The van der Waals surface area contributed by atoms with Gasteiger partial charge in [-0.1, -0.05) is 11.2 Å². The van der Waals surface area contributed by atoms with Crippen molar-refractivity contribution >= 4 is 11.8 Å². The molecule has 0 aliphatic heterocycles. The van der Waals surface area contributed by atoms with Gasteiger partial charge in [0.25, 0.3) is 0 Å². The molecule has 0 N–H and O–H groups in total. The first kappa shape index (κ1) is 17.5. The molecule has 0 aliphatic rings. The molecular formula is C18H18N6O2S. The Bertz CT molecular complexity index is 1010. The molecular weight excluding hydrogens is 364 g/mol. The van der Waals surface area contributed by atoms with E-state index in [2.05, 4.69) is 25.2 Å². The molecule has 0 aliphatic carbocycles. The van der Waals surface area contributed by atoms with E-state index in [4.69, 9.17) is 8.94 Å². The van der Waals surface area contributed by atoms with Crippen molar-refractivity contribution in [3.63, 3.8) is 0 Å². The normalized spacial score (nSPS) is 11.4. The Morgan fingerprint density at radius 3 is 2.78 bits per heavy atom. The first-order valence-electron chi connectivity index (χ1n) is 8.33. The lowest BCUT2D eigenvalue weighted by atomic mass is 10.2. The second kappa shape index (κ2) is 7.77. The molecule has 0 atom stereocenters. The van der Waals surface area contributed by atoms with E-state index in [1.165, 1.54) is 11.8 Å². The van der Waals surface area contributed by atoms with Crippen molar-refractivity contribution in [3.8, 4) is 11.4 Å². The smallest absolute Gasteiger partial charge is 0.198 e. The van der Waals surface area contributed by atoms with Crippen LogP contribution in [0.25, 0.3) is 11.4 Å². The topological polar surface area (TPSA) is 86.0 Å². The van der Waals surface area contributed by atoms with Crippen molar-refractivity contribution in [1.29, 1.82) is 0 Å². The Hall–Kier alpha value is -2.91. The van der Waals surface area contributed by atoms with E-state index < -0.39 is 0 Å². The van der Waals surface area contributed by atoms with Gasteiger partial charge in [-0.15, -0.1) is 10.2 Å². The molecule has 4 aromatic rings. The standard InChI is InChI=1S/C18H18N6O2S/c1-23(11-14-9-16(22-26-14)15-5-3-4-8-19-15)10-13-6-7-17(25-13)27-18-21-20-12-24(18)2/h3-9,12H,10-11H2,1-2H3. The van der Waals surface area contributed by atoms with Gasteiger partial charge in [0.1, 0.15) is 17.8 Å². The summed E-state index contributed by atoms with van der Waals surface area (Å²) in [5, 5.41) is 13.6. The number of pyridine rings is 1. The van der Waals surface area contributed by atoms with E-state index in [1.54, 1.807) is 12.5 Å². The number of hydrogen-bond donors (Lipinski definition) is 0. The van der Waals surface area contributed by atoms with Crippen molar-refractivity contribution in [2.45, 2.75) is 23.3 Å². The number of hydrogen-bond acceptors (Lipinski definition) is 8. The van der Waals surface area contributed by atoms with Gasteiger partial charge in [-0.05, 0) is 43.1 Å². The molecule has 0 unspecified atom stereocenters. The fourth-order valence-electron chi connectivity index (χ4n) is 2.56. The number of aromatic nitrogens is 5. The van der Waals surface area contributed by atoms with Gasteiger partial charge in [0.05, 0.1) is 18.8 Å². The van der Waals surface area contributed by atoms with Crippen LogP contribution in [0, 0.1) is 0 Å². The van der Waals surface area contributed by atoms with Gasteiger partial charge in [0.15, 0.2) is 16.0 Å². The van der Waals surface area contributed by atoms with Gasteiger partial charge in [-0.25, -0.2) is 0 Å². The maximum atomic E-state index is 5.88. The predicted octanol–water partition coefficient (Wildman–Crippen LogP) is 3.24. The minimum atomic E-state index is 0.617. The zero-order valence-electron chi connectivity index (χ0n) is 14.9. The fraction of sp³-hybridized carbons (Fsp3) is 0.222. The molecule has 0 radical (unpaired) electrons. The van der Waals surface area contributed by atoms with E-state index in [9.17, 15) is 0 Å². The van der Waals surface area contributed by atoms with Crippen molar-refractivity contribution in [2.75, 3.05) is 7.05 Å². The van der Waals surface area contributed by atoms with E-state index in [1.807, 2.05) is 55.1 Å². The van der Waals surface area contributed by atoms with E-state index in [0.29, 0.717) is 13.1 Å². The van der Waals surface area contributed by atoms with Crippen LogP contribution in [0.15, 0.2) is 68.1 Å². The van der Waals surface area contributed by atoms with E-state index in [-0.39, 0.29) is 0 Å². The largest absolute Gasteiger partial charge is 0.453 e. The Morgan fingerprint density at radius 2 is 2.00 bits per heavy atom. The van der Waals surface area contributed by atoms with Gasteiger partial charge in [-0.2, -0.15) is 0 Å². The van der Waals surface area contributed by atoms with Gasteiger partial charge in [-0.3, -0.25) is 9.88 Å². The molecule has 4 aromatic heterocycles. The Balaban J connectivity index is 1.35. The van der Waals surface area contributed by atoms with Crippen LogP contribution in [0.2, 0.25) is 0 Å². The monoisotopic (exact) mass is 382 g/mol. The lowest BCUT2D eigenvalue weighted by Crippen LogP contribution is -2.16. The molecule has 8 nitrogen and oxygen atoms in total. The van der Waals surface area contributed by atoms with Crippen LogP contribution in [-0.2, 0) is 20.1 Å². The first-order chi connectivity index (χ1) is 13.2. The van der Waals surface area contributed by atoms with Crippen molar-refractivity contribution < 1.29 is 8.94 Å². The highest BCUT2D eigenvalue weighted by atomic mass is 32.2. The van der Waals surface area contributed by atoms with E-state index >= 15 is 0 Å². The summed E-state index contributed by atoms with van der Waals surface area (Å²) in [4.78, 5) is 6.38. The van der Waals surface area contributed by atoms with Crippen LogP contribution >= 0.6 is 11.8 Å². The Kier molecular flexibility index (Phi) is 5.03. The maximum Gasteiger partial charge on any atom is 0.198 e. The number of rotatable bonds is 7. The predicted molar refractivity (Wildman–Crippen MR) is 98.7 cm³/mol. The Morgan fingerprint density at radius 1 is 1.11 bits per heavy atom. The van der Waals surface area contributed by atoms with Crippen LogP contribution in [0.4, 0.5) is 0 Å². The molecule has 0 spiro atoms. The van der Waals surface area contributed by atoms with Crippen LogP contribution < -0.4 is 0 Å². The molecule has 4 heterocycles. The summed E-state index contributed by atoms with van der Waals surface area (Å²) in [5.41, 5.74) is 1.53. The van der Waals surface area contributed by atoms with E-state index in [0.717, 1.165) is 33.2 Å². The van der Waals surface area contributed by atoms with Gasteiger partial charge in [0, 0.05) is 19.3 Å². The molecule has 9 heteroatoms. The molecule has 0 saturated carbocycles. The van der Waals surface area contributed by atoms with Gasteiger partial charge < -0.3 is 13.5 Å². The highest BCUT2D eigenvalue weighted by molar-refractivity contribution is 7.99. The van der Waals surface area contributed by atoms with Crippen molar-refractivity contribution in [2.24, 2.45) is 7.05 Å². The fourth-order valence-corrected chi connectivity index (χ4v) is 3.31. The lowest BCUT2D eigenvalue weighted by molar-refractivity contribution is 0.243. The zero-order chi connectivity index (χ0) is 18.6. The van der Waals surface area contributed by atoms with Crippen LogP contribution in [0.5, 0.6) is 0 Å². The highest BCUT2D eigenvalue weighted by Crippen LogP contribution is 2.27. The summed E-state index contributed by atoms with van der Waals surface area (Å²) in [6.45, 7) is 1.27. The zero-order valence-corrected chi connectivity index (χ0v) is 15.8. The second-order valence-corrected chi connectivity index (χ2v) is 7.08. The average molecular weight is 382 g/mol. The van der Waals surface area contributed by atoms with Gasteiger partial charge >= 0.3 is 0 Å². The van der Waals surface area contributed by atoms with Gasteiger partial charge in [0.2, 0.25) is 0 Å². The summed E-state index contributed by atoms with van der Waals surface area (Å²) in [6, 6.07) is 11.5. The highest BCUT2D eigenvalue weighted by Gasteiger charge is 2.13. The third kappa shape index (κ3) is 4.26. The summed E-state index contributed by atoms with van der Waals surface area (Å²) in [7, 11) is 3.90. The molecule has 0 aromatic carbocycles. The summed E-state index contributed by atoms with van der Waals surface area (Å²) < 4.78 is 13.2. The molecule has 0 amide bonds. The molecule has 138 valence electrons. The van der Waals surface area contributed by atoms with Crippen LogP contribution in [0.3, 0.4) is 0 Å². The molecule has 0 bridgehead atoms. The summed E-state index contributed by atoms with van der Waals surface area (Å²) in [5.74, 6) is 1.64. The third-order valence-electron chi connectivity index (χ3n) is 3.84. The molecule has 0 saturated heterocycles. The second-order valence-electron chi connectivity index (χ2n) is 6.11. The number of aryl methyl sites for hydroxylation is 1. The molecule has 4 rings (SSSR count). The van der Waals surface area contributed by atoms with Crippen molar-refractivity contribution in [1.82, 2.24) is 29.8 Å². The number of nitrogens with zero attached hydrogens (tertiary/aromatic N) is 6. The Labute approximate surface area is 160 Å². The quantitative estimate of drug-likeness (QED) is 0.481. The van der Waals surface area contributed by atoms with Crippen LogP contribution in [0.1, 0.15) is 11.5 Å². The maximum absolute atomic E-state index is 5.88. The first-order valence-corrected chi connectivity index (χ1v) is 9.15. The minimum absolute atomic E-state index is 0.617. The average Bonchev–Trinajstić information content (AvgIpc) is 3.39. The third-order valence-corrected chi connectivity index (χ3v) is 4.81. The summed E-state index contributed by atoms with van der Waals surface area (Å²) >= 11 is 1.44.